The van der Waals surface area contributed by atoms with Gasteiger partial charge in [0.1, 0.15) is 6.10 Å². The molecular formula is C24H29NO2. The first kappa shape index (κ1) is 16.2. The minimum absolute atomic E-state index is 0.0292. The zero-order chi connectivity index (χ0) is 18.0. The van der Waals surface area contributed by atoms with Gasteiger partial charge in [0.15, 0.2) is 0 Å². The number of hydrogen-bond acceptors (Lipinski definition) is 2. The number of carbonyl (C=O) groups is 1. The van der Waals surface area contributed by atoms with Gasteiger partial charge in [0.2, 0.25) is 0 Å². The molecule has 0 radical (unpaired) electrons. The highest BCUT2D eigenvalue weighted by atomic mass is 16.6. The van der Waals surface area contributed by atoms with Crippen LogP contribution in [0.2, 0.25) is 0 Å². The number of carbonyl (C=O) groups excluding carboxylic acids is 1. The van der Waals surface area contributed by atoms with Crippen molar-refractivity contribution in [2.45, 2.75) is 57.5 Å². The molecule has 3 nitrogen and oxygen atoms in total. The second-order valence-corrected chi connectivity index (χ2v) is 9.67. The Morgan fingerprint density at radius 2 is 2.07 bits per heavy atom. The Morgan fingerprint density at radius 1 is 1.15 bits per heavy atom. The molecule has 1 amide bonds. The molecule has 0 saturated heterocycles. The number of benzene rings is 1. The Balaban J connectivity index is 1.21. The lowest BCUT2D eigenvalue weighted by molar-refractivity contribution is 0.0539. The van der Waals surface area contributed by atoms with Crippen LogP contribution in [-0.4, -0.2) is 18.7 Å². The number of nitrogens with zero attached hydrogens (tertiary/aromatic N) is 1. The lowest BCUT2D eigenvalue weighted by atomic mass is 9.69. The van der Waals surface area contributed by atoms with Crippen molar-refractivity contribution in [2.75, 3.05) is 11.4 Å². The van der Waals surface area contributed by atoms with E-state index in [2.05, 4.69) is 24.3 Å². The molecule has 5 aliphatic rings. The molecule has 3 saturated carbocycles. The molecular weight excluding hydrogens is 334 g/mol. The Labute approximate surface area is 161 Å². The SMILES string of the molecule is O=C(OC1C=CC23CCC4CC4C(CCCC12)C3)N1CCc2ccccc21. The van der Waals surface area contributed by atoms with Crippen molar-refractivity contribution in [3.8, 4) is 0 Å². The zero-order valence-electron chi connectivity index (χ0n) is 16.0. The van der Waals surface area contributed by atoms with Gasteiger partial charge in [0.25, 0.3) is 0 Å². The number of allylic oxidation sites excluding steroid dienone is 1. The average molecular weight is 364 g/mol. The van der Waals surface area contributed by atoms with E-state index >= 15 is 0 Å². The third-order valence-electron chi connectivity index (χ3n) is 8.39. The first-order valence-corrected chi connectivity index (χ1v) is 11.0. The van der Waals surface area contributed by atoms with E-state index in [0.29, 0.717) is 11.3 Å². The minimum Gasteiger partial charge on any atom is -0.441 e. The lowest BCUT2D eigenvalue weighted by Crippen LogP contribution is -2.38. The highest BCUT2D eigenvalue weighted by Crippen LogP contribution is 2.63. The largest absolute Gasteiger partial charge is 0.441 e. The van der Waals surface area contributed by atoms with Crippen LogP contribution in [0.4, 0.5) is 10.5 Å². The summed E-state index contributed by atoms with van der Waals surface area (Å²) in [7, 11) is 0. The molecule has 0 aromatic heterocycles. The molecule has 6 atom stereocenters. The number of ether oxygens (including phenoxy) is 1. The van der Waals surface area contributed by atoms with Gasteiger partial charge in [-0.15, -0.1) is 0 Å². The van der Waals surface area contributed by atoms with Gasteiger partial charge in [-0.1, -0.05) is 37.1 Å². The van der Waals surface area contributed by atoms with Crippen molar-refractivity contribution < 1.29 is 9.53 Å². The molecule has 2 bridgehead atoms. The van der Waals surface area contributed by atoms with Crippen LogP contribution in [-0.2, 0) is 11.2 Å². The summed E-state index contributed by atoms with van der Waals surface area (Å²) in [5.74, 6) is 3.44. The summed E-state index contributed by atoms with van der Waals surface area (Å²) < 4.78 is 6.14. The summed E-state index contributed by atoms with van der Waals surface area (Å²) in [4.78, 5) is 14.8. The summed E-state index contributed by atoms with van der Waals surface area (Å²) in [5.41, 5.74) is 2.60. The highest BCUT2D eigenvalue weighted by molar-refractivity contribution is 5.90. The Bertz CT molecular complexity index is 801. The number of hydrogen-bond donors (Lipinski definition) is 0. The summed E-state index contributed by atoms with van der Waals surface area (Å²) in [6.07, 6.45) is 14.9. The van der Waals surface area contributed by atoms with Gasteiger partial charge < -0.3 is 4.74 Å². The molecule has 6 unspecified atom stereocenters. The van der Waals surface area contributed by atoms with Crippen LogP contribution >= 0.6 is 0 Å². The predicted octanol–water partition coefficient (Wildman–Crippen LogP) is 5.35. The highest BCUT2D eigenvalue weighted by Gasteiger charge is 2.55. The molecule has 1 heterocycles. The fraction of sp³-hybridized carbons (Fsp3) is 0.625. The third-order valence-corrected chi connectivity index (χ3v) is 8.39. The minimum atomic E-state index is -0.149. The average Bonchev–Trinajstić information content (AvgIpc) is 3.31. The quantitative estimate of drug-likeness (QED) is 0.630. The van der Waals surface area contributed by atoms with Gasteiger partial charge >= 0.3 is 6.09 Å². The maximum Gasteiger partial charge on any atom is 0.414 e. The summed E-state index contributed by atoms with van der Waals surface area (Å²) in [6, 6.07) is 8.23. The van der Waals surface area contributed by atoms with E-state index < -0.39 is 0 Å². The van der Waals surface area contributed by atoms with Crippen LogP contribution in [0.25, 0.3) is 0 Å². The topological polar surface area (TPSA) is 29.5 Å². The Hall–Kier alpha value is -1.77. The van der Waals surface area contributed by atoms with E-state index in [1.54, 1.807) is 0 Å². The van der Waals surface area contributed by atoms with Crippen LogP contribution in [0, 0.1) is 29.1 Å². The van der Waals surface area contributed by atoms with Crippen molar-refractivity contribution in [2.24, 2.45) is 29.1 Å². The Morgan fingerprint density at radius 3 is 3.04 bits per heavy atom. The number of rotatable bonds is 1. The molecule has 6 rings (SSSR count). The van der Waals surface area contributed by atoms with Crippen molar-refractivity contribution in [1.82, 2.24) is 0 Å². The molecule has 1 aromatic rings. The second-order valence-electron chi connectivity index (χ2n) is 9.67. The smallest absolute Gasteiger partial charge is 0.414 e. The summed E-state index contributed by atoms with van der Waals surface area (Å²) in [5, 5.41) is 0. The maximum absolute atomic E-state index is 13.0. The van der Waals surface area contributed by atoms with Gasteiger partial charge in [-0.2, -0.15) is 0 Å². The Kier molecular flexibility index (Phi) is 3.52. The fourth-order valence-corrected chi connectivity index (χ4v) is 6.93. The van der Waals surface area contributed by atoms with Crippen molar-refractivity contribution in [3.63, 3.8) is 0 Å². The van der Waals surface area contributed by atoms with Crippen molar-refractivity contribution >= 4 is 11.8 Å². The molecule has 3 fully saturated rings. The van der Waals surface area contributed by atoms with Crippen LogP contribution in [0.15, 0.2) is 36.4 Å². The standard InChI is InChI=1S/C24H29NO2/c26-23(25-13-10-16-4-1-2-7-21(16)25)27-22-9-12-24-11-8-17-14-19(17)18(15-24)5-3-6-20(22)24/h1-2,4,7,9,12,17-20,22H,3,5-6,8,10-11,13-15H2. The molecule has 1 aromatic carbocycles. The van der Waals surface area contributed by atoms with E-state index in [1.165, 1.54) is 50.5 Å². The van der Waals surface area contributed by atoms with E-state index in [0.717, 1.165) is 36.4 Å². The van der Waals surface area contributed by atoms with Gasteiger partial charge in [-0.25, -0.2) is 4.79 Å². The predicted molar refractivity (Wildman–Crippen MR) is 106 cm³/mol. The normalized spacial score (nSPS) is 41.2. The third kappa shape index (κ3) is 2.50. The molecule has 27 heavy (non-hydrogen) atoms. The number of anilines is 1. The van der Waals surface area contributed by atoms with Crippen LogP contribution in [0.5, 0.6) is 0 Å². The summed E-state index contributed by atoms with van der Waals surface area (Å²) in [6.45, 7) is 0.746. The molecule has 0 N–H and O–H groups in total. The number of para-hydroxylation sites is 1. The van der Waals surface area contributed by atoms with Crippen molar-refractivity contribution in [1.29, 1.82) is 0 Å². The summed E-state index contributed by atoms with van der Waals surface area (Å²) >= 11 is 0. The van der Waals surface area contributed by atoms with Crippen LogP contribution in [0.3, 0.4) is 0 Å². The van der Waals surface area contributed by atoms with E-state index in [-0.39, 0.29) is 12.2 Å². The first-order valence-electron chi connectivity index (χ1n) is 11.0. The van der Waals surface area contributed by atoms with E-state index in [9.17, 15) is 4.79 Å². The molecule has 1 aliphatic heterocycles. The van der Waals surface area contributed by atoms with E-state index in [4.69, 9.17) is 4.74 Å². The second kappa shape index (κ2) is 5.86. The van der Waals surface area contributed by atoms with Crippen molar-refractivity contribution in [3.05, 3.63) is 42.0 Å². The fourth-order valence-electron chi connectivity index (χ4n) is 6.93. The van der Waals surface area contributed by atoms with Crippen LogP contribution < -0.4 is 4.90 Å². The maximum atomic E-state index is 13.0. The van der Waals surface area contributed by atoms with Gasteiger partial charge in [-0.3, -0.25) is 4.90 Å². The first-order chi connectivity index (χ1) is 13.2. The van der Waals surface area contributed by atoms with E-state index in [1.807, 2.05) is 17.0 Å². The zero-order valence-corrected chi connectivity index (χ0v) is 16.0. The lowest BCUT2D eigenvalue weighted by Gasteiger charge is -2.37. The van der Waals surface area contributed by atoms with Gasteiger partial charge in [0.05, 0.1) is 5.69 Å². The molecule has 3 heteroatoms. The number of fused-ring (bicyclic) bond motifs is 4. The molecule has 4 aliphatic carbocycles. The molecule has 1 spiro atoms. The monoisotopic (exact) mass is 363 g/mol. The molecule has 142 valence electrons. The number of amides is 1. The van der Waals surface area contributed by atoms with Crippen LogP contribution in [0.1, 0.15) is 50.5 Å². The van der Waals surface area contributed by atoms with Gasteiger partial charge in [-0.05, 0) is 79.4 Å². The van der Waals surface area contributed by atoms with Gasteiger partial charge in [0, 0.05) is 12.5 Å².